The maximum atomic E-state index is 12.8. The highest BCUT2D eigenvalue weighted by Crippen LogP contribution is 2.18. The van der Waals surface area contributed by atoms with Crippen LogP contribution in [0.4, 0.5) is 4.39 Å². The Labute approximate surface area is 171 Å². The van der Waals surface area contributed by atoms with Crippen LogP contribution >= 0.6 is 24.0 Å². The average Bonchev–Trinajstić information content (AvgIpc) is 3.40. The molecule has 0 bridgehead atoms. The van der Waals surface area contributed by atoms with Gasteiger partial charge in [-0.05, 0) is 43.5 Å². The highest BCUT2D eigenvalue weighted by Gasteiger charge is 2.22. The van der Waals surface area contributed by atoms with Gasteiger partial charge in [-0.3, -0.25) is 9.79 Å². The Morgan fingerprint density at radius 1 is 1.35 bits per heavy atom. The molecule has 0 aliphatic heterocycles. The Balaban J connectivity index is 0.00000338. The molecule has 26 heavy (non-hydrogen) atoms. The number of amides is 1. The van der Waals surface area contributed by atoms with Crippen LogP contribution in [-0.2, 0) is 4.79 Å². The molecule has 1 aliphatic carbocycles. The van der Waals surface area contributed by atoms with Gasteiger partial charge in [0.05, 0.1) is 6.54 Å². The molecular formula is C18H28FIN4O2. The maximum absolute atomic E-state index is 12.8. The van der Waals surface area contributed by atoms with Gasteiger partial charge in [0.25, 0.3) is 0 Å². The third-order valence-corrected chi connectivity index (χ3v) is 3.89. The monoisotopic (exact) mass is 478 g/mol. The molecule has 1 saturated carbocycles. The fourth-order valence-corrected chi connectivity index (χ4v) is 2.30. The zero-order valence-electron chi connectivity index (χ0n) is 15.3. The first-order valence-corrected chi connectivity index (χ1v) is 8.68. The summed E-state index contributed by atoms with van der Waals surface area (Å²) in [4.78, 5) is 17.8. The topological polar surface area (TPSA) is 66.0 Å². The molecule has 1 aromatic rings. The highest BCUT2D eigenvalue weighted by atomic mass is 127. The van der Waals surface area contributed by atoms with Crippen molar-refractivity contribution in [2.45, 2.75) is 31.7 Å². The summed E-state index contributed by atoms with van der Waals surface area (Å²) < 4.78 is 18.4. The van der Waals surface area contributed by atoms with E-state index in [2.05, 4.69) is 15.6 Å². The molecule has 0 aromatic heterocycles. The minimum Gasteiger partial charge on any atom is -0.492 e. The lowest BCUT2D eigenvalue weighted by molar-refractivity contribution is -0.121. The van der Waals surface area contributed by atoms with Crippen molar-refractivity contribution >= 4 is 35.8 Å². The standard InChI is InChI=1S/C18H27FN4O2.HI/c1-20-18(21-11-3-4-17(24)22-15-7-8-15)23(2)12-13-25-16-9-5-14(19)6-10-16;/h5-6,9-10,15H,3-4,7-8,11-13H2,1-2H3,(H,20,21)(H,22,24);1H. The lowest BCUT2D eigenvalue weighted by atomic mass is 10.3. The van der Waals surface area contributed by atoms with E-state index in [1.807, 2.05) is 11.9 Å². The molecule has 0 spiro atoms. The van der Waals surface area contributed by atoms with E-state index in [9.17, 15) is 9.18 Å². The van der Waals surface area contributed by atoms with Gasteiger partial charge in [-0.2, -0.15) is 0 Å². The van der Waals surface area contributed by atoms with Crippen LogP contribution in [0, 0.1) is 5.82 Å². The van der Waals surface area contributed by atoms with Crippen molar-refractivity contribution in [2.24, 2.45) is 4.99 Å². The number of ether oxygens (including phenoxy) is 1. The number of benzene rings is 1. The second-order valence-corrected chi connectivity index (χ2v) is 6.14. The zero-order valence-corrected chi connectivity index (χ0v) is 17.7. The number of likely N-dealkylation sites (N-methyl/N-ethyl adjacent to an activating group) is 1. The second kappa shape index (κ2) is 11.9. The number of hydrogen-bond acceptors (Lipinski definition) is 3. The number of carbonyl (C=O) groups excluding carboxylic acids is 1. The number of rotatable bonds is 9. The van der Waals surface area contributed by atoms with Crippen LogP contribution in [0.15, 0.2) is 29.3 Å². The molecule has 1 amide bonds. The van der Waals surface area contributed by atoms with Crippen LogP contribution in [-0.4, -0.2) is 56.6 Å². The highest BCUT2D eigenvalue weighted by molar-refractivity contribution is 14.0. The van der Waals surface area contributed by atoms with Gasteiger partial charge in [0.1, 0.15) is 18.2 Å². The van der Waals surface area contributed by atoms with Gasteiger partial charge in [-0.15, -0.1) is 24.0 Å². The molecule has 0 radical (unpaired) electrons. The summed E-state index contributed by atoms with van der Waals surface area (Å²) in [5, 5.41) is 6.22. The Morgan fingerprint density at radius 3 is 2.65 bits per heavy atom. The largest absolute Gasteiger partial charge is 0.492 e. The first-order chi connectivity index (χ1) is 12.1. The molecule has 0 saturated heterocycles. The molecule has 1 aromatic carbocycles. The number of nitrogens with one attached hydrogen (secondary N) is 2. The van der Waals surface area contributed by atoms with Gasteiger partial charge >= 0.3 is 0 Å². The van der Waals surface area contributed by atoms with E-state index in [1.165, 1.54) is 12.1 Å². The van der Waals surface area contributed by atoms with Crippen molar-refractivity contribution in [3.8, 4) is 5.75 Å². The lowest BCUT2D eigenvalue weighted by Gasteiger charge is -2.22. The predicted molar refractivity (Wildman–Crippen MR) is 112 cm³/mol. The third-order valence-electron chi connectivity index (χ3n) is 3.89. The van der Waals surface area contributed by atoms with Crippen molar-refractivity contribution in [1.82, 2.24) is 15.5 Å². The van der Waals surface area contributed by atoms with Crippen LogP contribution in [0.3, 0.4) is 0 Å². The summed E-state index contributed by atoms with van der Waals surface area (Å²) >= 11 is 0. The summed E-state index contributed by atoms with van der Waals surface area (Å²) in [6.45, 7) is 1.79. The molecule has 0 unspecified atom stereocenters. The molecule has 6 nitrogen and oxygen atoms in total. The molecule has 8 heteroatoms. The van der Waals surface area contributed by atoms with Crippen molar-refractivity contribution in [3.05, 3.63) is 30.1 Å². The average molecular weight is 478 g/mol. The molecular weight excluding hydrogens is 450 g/mol. The van der Waals surface area contributed by atoms with Crippen molar-refractivity contribution < 1.29 is 13.9 Å². The quantitative estimate of drug-likeness (QED) is 0.248. The number of aliphatic imine (C=N–C) groups is 1. The van der Waals surface area contributed by atoms with Crippen molar-refractivity contribution in [1.29, 1.82) is 0 Å². The van der Waals surface area contributed by atoms with Gasteiger partial charge in [0.2, 0.25) is 5.91 Å². The summed E-state index contributed by atoms with van der Waals surface area (Å²) in [6, 6.07) is 6.38. The van der Waals surface area contributed by atoms with E-state index in [1.54, 1.807) is 19.2 Å². The molecule has 146 valence electrons. The van der Waals surface area contributed by atoms with Crippen molar-refractivity contribution in [3.63, 3.8) is 0 Å². The summed E-state index contributed by atoms with van der Waals surface area (Å²) in [6.07, 6.45) is 3.51. The smallest absolute Gasteiger partial charge is 0.220 e. The van der Waals surface area contributed by atoms with Crippen LogP contribution in [0.1, 0.15) is 25.7 Å². The van der Waals surface area contributed by atoms with E-state index >= 15 is 0 Å². The summed E-state index contributed by atoms with van der Waals surface area (Å²) in [5.41, 5.74) is 0. The van der Waals surface area contributed by atoms with Gasteiger partial charge in [-0.25, -0.2) is 4.39 Å². The van der Waals surface area contributed by atoms with Gasteiger partial charge < -0.3 is 20.3 Å². The summed E-state index contributed by atoms with van der Waals surface area (Å²) in [5.74, 6) is 1.24. The molecule has 0 atom stereocenters. The minimum atomic E-state index is -0.278. The van der Waals surface area contributed by atoms with Crippen LogP contribution in [0.2, 0.25) is 0 Å². The van der Waals surface area contributed by atoms with E-state index in [4.69, 9.17) is 4.74 Å². The molecule has 2 N–H and O–H groups in total. The Kier molecular flexibility index (Phi) is 10.3. The maximum Gasteiger partial charge on any atom is 0.220 e. The van der Waals surface area contributed by atoms with E-state index < -0.39 is 0 Å². The zero-order chi connectivity index (χ0) is 18.1. The van der Waals surface area contributed by atoms with Gasteiger partial charge in [0.15, 0.2) is 5.96 Å². The van der Waals surface area contributed by atoms with Gasteiger partial charge in [-0.1, -0.05) is 0 Å². The Bertz CT molecular complexity index is 579. The Hall–Kier alpha value is -1.58. The Morgan fingerprint density at radius 2 is 2.04 bits per heavy atom. The minimum absolute atomic E-state index is 0. The fourth-order valence-electron chi connectivity index (χ4n) is 2.30. The van der Waals surface area contributed by atoms with Crippen molar-refractivity contribution in [2.75, 3.05) is 33.8 Å². The van der Waals surface area contributed by atoms with Gasteiger partial charge in [0, 0.05) is 33.1 Å². The number of guanidine groups is 1. The number of halogens is 2. The lowest BCUT2D eigenvalue weighted by Crippen LogP contribution is -2.41. The molecule has 1 fully saturated rings. The number of nitrogens with zero attached hydrogens (tertiary/aromatic N) is 2. The molecule has 2 rings (SSSR count). The SMILES string of the molecule is CN=C(NCCCC(=O)NC1CC1)N(C)CCOc1ccc(F)cc1.I. The fraction of sp³-hybridized carbons (Fsp3) is 0.556. The predicted octanol–water partition coefficient (Wildman–Crippen LogP) is 2.39. The van der Waals surface area contributed by atoms with E-state index in [0.29, 0.717) is 37.9 Å². The summed E-state index contributed by atoms with van der Waals surface area (Å²) in [7, 11) is 3.64. The van der Waals surface area contributed by atoms with Crippen LogP contribution in [0.25, 0.3) is 0 Å². The van der Waals surface area contributed by atoms with E-state index in [-0.39, 0.29) is 35.7 Å². The van der Waals surface area contributed by atoms with Crippen LogP contribution in [0.5, 0.6) is 5.75 Å². The molecule has 0 heterocycles. The second-order valence-electron chi connectivity index (χ2n) is 6.14. The normalized spacial score (nSPS) is 13.6. The molecule has 1 aliphatic rings. The van der Waals surface area contributed by atoms with Crippen LogP contribution < -0.4 is 15.4 Å². The first kappa shape index (κ1) is 22.5. The first-order valence-electron chi connectivity index (χ1n) is 8.68. The number of hydrogen-bond donors (Lipinski definition) is 2. The third kappa shape index (κ3) is 8.68. The van der Waals surface area contributed by atoms with E-state index in [0.717, 1.165) is 25.2 Å². The number of carbonyl (C=O) groups is 1.